The van der Waals surface area contributed by atoms with E-state index in [1.54, 1.807) is 0 Å². The van der Waals surface area contributed by atoms with Crippen molar-refractivity contribution in [1.29, 1.82) is 0 Å². The van der Waals surface area contributed by atoms with Crippen LogP contribution < -0.4 is 0 Å². The quantitative estimate of drug-likeness (QED) is 0.741. The number of oxazole rings is 1. The van der Waals surface area contributed by atoms with Gasteiger partial charge in [0.15, 0.2) is 18.4 Å². The van der Waals surface area contributed by atoms with Crippen LogP contribution in [0, 0.1) is 27.7 Å². The monoisotopic (exact) mass is 229 g/mol. The van der Waals surface area contributed by atoms with Gasteiger partial charge in [0, 0.05) is 5.56 Å². The van der Waals surface area contributed by atoms with Crippen molar-refractivity contribution in [3.8, 4) is 11.3 Å². The summed E-state index contributed by atoms with van der Waals surface area (Å²) in [6, 6.07) is 2.15. The molecule has 3 heteroatoms. The third-order valence-electron chi connectivity index (χ3n) is 3.30. The minimum Gasteiger partial charge on any atom is -0.440 e. The van der Waals surface area contributed by atoms with E-state index in [2.05, 4.69) is 24.9 Å². The van der Waals surface area contributed by atoms with Gasteiger partial charge in [0.1, 0.15) is 5.69 Å². The molecule has 0 aliphatic rings. The van der Waals surface area contributed by atoms with Gasteiger partial charge in [-0.15, -0.1) is 0 Å². The lowest BCUT2D eigenvalue weighted by atomic mass is 9.92. The summed E-state index contributed by atoms with van der Waals surface area (Å²) in [5.41, 5.74) is 6.33. The van der Waals surface area contributed by atoms with E-state index in [-0.39, 0.29) is 0 Å². The Balaban J connectivity index is 2.79. The Labute approximate surface area is 100 Å². The summed E-state index contributed by atoms with van der Waals surface area (Å²) >= 11 is 0. The lowest BCUT2D eigenvalue weighted by molar-refractivity contribution is 0.110. The van der Waals surface area contributed by atoms with Gasteiger partial charge in [-0.05, 0) is 49.9 Å². The summed E-state index contributed by atoms with van der Waals surface area (Å²) in [4.78, 5) is 15.1. The highest BCUT2D eigenvalue weighted by Gasteiger charge is 2.17. The second kappa shape index (κ2) is 4.17. The van der Waals surface area contributed by atoms with Crippen molar-refractivity contribution >= 4 is 6.29 Å². The van der Waals surface area contributed by atoms with Crippen LogP contribution >= 0.6 is 0 Å². The standard InChI is InChI=1S/C14H15NO2/c1-8-5-9(2)11(4)13(10(8)3)14-12(6-16)17-7-15-14/h5-7H,1-4H3. The van der Waals surface area contributed by atoms with E-state index in [1.807, 2.05) is 13.8 Å². The third-order valence-corrected chi connectivity index (χ3v) is 3.30. The molecule has 88 valence electrons. The molecule has 17 heavy (non-hydrogen) atoms. The number of rotatable bonds is 2. The zero-order chi connectivity index (χ0) is 12.6. The van der Waals surface area contributed by atoms with Gasteiger partial charge < -0.3 is 4.42 Å². The number of aryl methyl sites for hydroxylation is 2. The highest BCUT2D eigenvalue weighted by atomic mass is 16.3. The largest absolute Gasteiger partial charge is 0.440 e. The molecule has 0 bridgehead atoms. The van der Waals surface area contributed by atoms with Gasteiger partial charge in [-0.25, -0.2) is 4.98 Å². The van der Waals surface area contributed by atoms with E-state index >= 15 is 0 Å². The third kappa shape index (κ3) is 1.78. The first kappa shape index (κ1) is 11.6. The van der Waals surface area contributed by atoms with Gasteiger partial charge in [0.25, 0.3) is 0 Å². The predicted octanol–water partition coefficient (Wildman–Crippen LogP) is 3.39. The van der Waals surface area contributed by atoms with Crippen LogP contribution in [0.2, 0.25) is 0 Å². The summed E-state index contributed by atoms with van der Waals surface area (Å²) in [7, 11) is 0. The lowest BCUT2D eigenvalue weighted by Crippen LogP contribution is -1.97. The number of carbonyl (C=O) groups excluding carboxylic acids is 1. The van der Waals surface area contributed by atoms with E-state index in [4.69, 9.17) is 4.42 Å². The average Bonchev–Trinajstić information content (AvgIpc) is 2.75. The van der Waals surface area contributed by atoms with Gasteiger partial charge in [-0.2, -0.15) is 0 Å². The van der Waals surface area contributed by atoms with Crippen LogP contribution in [0.1, 0.15) is 32.8 Å². The fraction of sp³-hybridized carbons (Fsp3) is 0.286. The van der Waals surface area contributed by atoms with Gasteiger partial charge >= 0.3 is 0 Å². The molecule has 0 unspecified atom stereocenters. The Bertz CT molecular complexity index is 556. The summed E-state index contributed by atoms with van der Waals surface area (Å²) in [5.74, 6) is 0.293. The second-order valence-corrected chi connectivity index (χ2v) is 4.32. The molecule has 0 aliphatic heterocycles. The number of hydrogen-bond acceptors (Lipinski definition) is 3. The summed E-state index contributed by atoms with van der Waals surface area (Å²) in [6.07, 6.45) is 2.02. The molecule has 0 N–H and O–H groups in total. The number of benzene rings is 1. The van der Waals surface area contributed by atoms with Crippen LogP contribution in [-0.2, 0) is 0 Å². The van der Waals surface area contributed by atoms with Crippen LogP contribution in [0.4, 0.5) is 0 Å². The minimum absolute atomic E-state index is 0.293. The Morgan fingerprint density at radius 1 is 1.12 bits per heavy atom. The highest BCUT2D eigenvalue weighted by Crippen LogP contribution is 2.32. The Hall–Kier alpha value is -1.90. The van der Waals surface area contributed by atoms with E-state index < -0.39 is 0 Å². The molecule has 0 atom stereocenters. The zero-order valence-corrected chi connectivity index (χ0v) is 10.5. The number of carbonyl (C=O) groups is 1. The lowest BCUT2D eigenvalue weighted by Gasteiger charge is -2.13. The van der Waals surface area contributed by atoms with Crippen molar-refractivity contribution in [2.24, 2.45) is 0 Å². The SMILES string of the molecule is Cc1cc(C)c(C)c(-c2ncoc2C=O)c1C. The average molecular weight is 229 g/mol. The molecular weight excluding hydrogens is 214 g/mol. The summed E-state index contributed by atoms with van der Waals surface area (Å²) in [6.45, 7) is 8.21. The van der Waals surface area contributed by atoms with E-state index in [9.17, 15) is 4.79 Å². The van der Waals surface area contributed by atoms with E-state index in [0.29, 0.717) is 17.7 Å². The van der Waals surface area contributed by atoms with Gasteiger partial charge in [0.2, 0.25) is 0 Å². The molecule has 2 aromatic rings. The highest BCUT2D eigenvalue weighted by molar-refractivity contribution is 5.84. The molecule has 0 saturated heterocycles. The second-order valence-electron chi connectivity index (χ2n) is 4.32. The fourth-order valence-corrected chi connectivity index (χ4v) is 2.10. The van der Waals surface area contributed by atoms with E-state index in [1.165, 1.54) is 17.5 Å². The first-order valence-corrected chi connectivity index (χ1v) is 5.52. The molecule has 2 rings (SSSR count). The first-order valence-electron chi connectivity index (χ1n) is 5.52. The van der Waals surface area contributed by atoms with Crippen molar-refractivity contribution in [3.63, 3.8) is 0 Å². The normalized spacial score (nSPS) is 10.6. The molecule has 0 spiro atoms. The Morgan fingerprint density at radius 3 is 2.24 bits per heavy atom. The smallest absolute Gasteiger partial charge is 0.194 e. The van der Waals surface area contributed by atoms with Crippen molar-refractivity contribution in [1.82, 2.24) is 4.98 Å². The zero-order valence-electron chi connectivity index (χ0n) is 10.5. The molecule has 1 aromatic carbocycles. The molecule has 1 aromatic heterocycles. The van der Waals surface area contributed by atoms with E-state index in [0.717, 1.165) is 16.7 Å². The Morgan fingerprint density at radius 2 is 1.71 bits per heavy atom. The van der Waals surface area contributed by atoms with Crippen LogP contribution in [0.25, 0.3) is 11.3 Å². The summed E-state index contributed by atoms with van der Waals surface area (Å²) < 4.78 is 5.08. The molecule has 0 saturated carbocycles. The van der Waals surface area contributed by atoms with Gasteiger partial charge in [-0.1, -0.05) is 6.07 Å². The number of aldehydes is 1. The van der Waals surface area contributed by atoms with Crippen LogP contribution in [-0.4, -0.2) is 11.3 Å². The van der Waals surface area contributed by atoms with Crippen LogP contribution in [0.5, 0.6) is 0 Å². The molecule has 0 aliphatic carbocycles. The molecule has 0 amide bonds. The molecular formula is C14H15NO2. The maximum atomic E-state index is 10.9. The number of nitrogens with zero attached hydrogens (tertiary/aromatic N) is 1. The summed E-state index contributed by atoms with van der Waals surface area (Å²) in [5, 5.41) is 0. The van der Waals surface area contributed by atoms with Crippen molar-refractivity contribution in [3.05, 3.63) is 40.5 Å². The number of hydrogen-bond donors (Lipinski definition) is 0. The maximum absolute atomic E-state index is 10.9. The Kier molecular flexibility index (Phi) is 2.84. The fourth-order valence-electron chi connectivity index (χ4n) is 2.10. The predicted molar refractivity (Wildman–Crippen MR) is 66.3 cm³/mol. The van der Waals surface area contributed by atoms with Crippen LogP contribution in [0.3, 0.4) is 0 Å². The van der Waals surface area contributed by atoms with Gasteiger partial charge in [0.05, 0.1) is 0 Å². The van der Waals surface area contributed by atoms with Crippen molar-refractivity contribution in [2.75, 3.05) is 0 Å². The topological polar surface area (TPSA) is 43.1 Å². The van der Waals surface area contributed by atoms with Crippen LogP contribution in [0.15, 0.2) is 16.9 Å². The molecule has 0 radical (unpaired) electrons. The molecule has 1 heterocycles. The molecule has 0 fully saturated rings. The van der Waals surface area contributed by atoms with Crippen molar-refractivity contribution in [2.45, 2.75) is 27.7 Å². The molecule has 3 nitrogen and oxygen atoms in total. The maximum Gasteiger partial charge on any atom is 0.194 e. The van der Waals surface area contributed by atoms with Crippen molar-refractivity contribution < 1.29 is 9.21 Å². The number of aromatic nitrogens is 1. The van der Waals surface area contributed by atoms with Gasteiger partial charge in [-0.3, -0.25) is 4.79 Å². The first-order chi connectivity index (χ1) is 8.06. The minimum atomic E-state index is 0.293.